The summed E-state index contributed by atoms with van der Waals surface area (Å²) in [7, 11) is -3.76. The molecule has 1 aliphatic rings. The van der Waals surface area contributed by atoms with Crippen LogP contribution < -0.4 is 0 Å². The highest BCUT2D eigenvalue weighted by atomic mass is 35.5. The Morgan fingerprint density at radius 1 is 1.09 bits per heavy atom. The van der Waals surface area contributed by atoms with Crippen molar-refractivity contribution < 1.29 is 13.2 Å². The van der Waals surface area contributed by atoms with Crippen LogP contribution in [0.5, 0.6) is 0 Å². The molecule has 10 heteroatoms. The van der Waals surface area contributed by atoms with E-state index in [1.54, 1.807) is 24.8 Å². The number of amides is 1. The molecule has 33 heavy (non-hydrogen) atoms. The number of hydrogen-bond donors (Lipinski definition) is 0. The lowest BCUT2D eigenvalue weighted by Gasteiger charge is -2.34. The molecule has 8 nitrogen and oxygen atoms in total. The van der Waals surface area contributed by atoms with Crippen LogP contribution in [0.2, 0.25) is 5.02 Å². The second-order valence-electron chi connectivity index (χ2n) is 8.00. The zero-order chi connectivity index (χ0) is 23.6. The second kappa shape index (κ2) is 9.80. The summed E-state index contributed by atoms with van der Waals surface area (Å²) in [5, 5.41) is 0.121. The van der Waals surface area contributed by atoms with E-state index in [2.05, 4.69) is 9.88 Å². The minimum Gasteiger partial charge on any atom is -0.336 e. The topological polar surface area (TPSA) is 78.2 Å². The summed E-state index contributed by atoms with van der Waals surface area (Å²) in [5.74, 6) is -0.185. The van der Waals surface area contributed by atoms with Crippen LogP contribution in [0.25, 0.3) is 5.65 Å². The summed E-state index contributed by atoms with van der Waals surface area (Å²) in [5.41, 5.74) is 2.24. The molecular weight excluding hydrogens is 462 g/mol. The molecule has 0 atom stereocenters. The van der Waals surface area contributed by atoms with Crippen LogP contribution in [0.3, 0.4) is 0 Å². The van der Waals surface area contributed by atoms with Gasteiger partial charge >= 0.3 is 0 Å². The fraction of sp³-hybridized carbons (Fsp3) is 0.391. The Bertz CT molecular complexity index is 1210. The van der Waals surface area contributed by atoms with E-state index in [4.69, 9.17) is 11.6 Å². The summed E-state index contributed by atoms with van der Waals surface area (Å²) < 4.78 is 29.2. The number of carbonyl (C=O) groups is 1. The Hall–Kier alpha value is -2.46. The van der Waals surface area contributed by atoms with E-state index in [-0.39, 0.29) is 15.8 Å². The average molecular weight is 490 g/mol. The van der Waals surface area contributed by atoms with Crippen LogP contribution in [-0.2, 0) is 16.6 Å². The molecule has 1 aliphatic heterocycles. The molecule has 3 heterocycles. The van der Waals surface area contributed by atoms with Crippen molar-refractivity contribution in [3.8, 4) is 0 Å². The first-order valence-corrected chi connectivity index (χ1v) is 12.9. The highest BCUT2D eigenvalue weighted by molar-refractivity contribution is 7.89. The number of fused-ring (bicyclic) bond motifs is 1. The summed E-state index contributed by atoms with van der Waals surface area (Å²) in [6.45, 7) is 7.50. The Balaban J connectivity index is 1.43. The van der Waals surface area contributed by atoms with Gasteiger partial charge in [-0.1, -0.05) is 31.5 Å². The van der Waals surface area contributed by atoms with E-state index in [0.717, 1.165) is 31.0 Å². The van der Waals surface area contributed by atoms with Crippen LogP contribution in [0.15, 0.2) is 53.7 Å². The number of piperazine rings is 1. The summed E-state index contributed by atoms with van der Waals surface area (Å²) in [4.78, 5) is 21.8. The smallest absolute Gasteiger partial charge is 0.253 e. The highest BCUT2D eigenvalue weighted by Crippen LogP contribution is 2.26. The van der Waals surface area contributed by atoms with Crippen LogP contribution in [-0.4, -0.2) is 77.1 Å². The van der Waals surface area contributed by atoms with E-state index in [1.807, 2.05) is 35.0 Å². The van der Waals surface area contributed by atoms with Crippen molar-refractivity contribution in [3.63, 3.8) is 0 Å². The molecule has 0 radical (unpaired) electrons. The lowest BCUT2D eigenvalue weighted by molar-refractivity contribution is 0.0627. The molecule has 0 aliphatic carbocycles. The summed E-state index contributed by atoms with van der Waals surface area (Å²) in [6.07, 6.45) is 4.00. The van der Waals surface area contributed by atoms with Crippen molar-refractivity contribution in [2.45, 2.75) is 25.3 Å². The van der Waals surface area contributed by atoms with Crippen LogP contribution in [0.1, 0.15) is 29.9 Å². The van der Waals surface area contributed by atoms with E-state index in [1.165, 1.54) is 16.4 Å². The largest absolute Gasteiger partial charge is 0.336 e. The van der Waals surface area contributed by atoms with Crippen molar-refractivity contribution in [1.82, 2.24) is 23.5 Å². The molecule has 1 fully saturated rings. The molecule has 0 saturated carbocycles. The first-order chi connectivity index (χ1) is 15.8. The number of hydrogen-bond acceptors (Lipinski definition) is 5. The normalized spacial score (nSPS) is 15.5. The Kier molecular flexibility index (Phi) is 7.04. The Morgan fingerprint density at radius 2 is 1.82 bits per heavy atom. The van der Waals surface area contributed by atoms with E-state index in [0.29, 0.717) is 31.7 Å². The van der Waals surface area contributed by atoms with Gasteiger partial charge in [0.15, 0.2) is 0 Å². The van der Waals surface area contributed by atoms with Crippen molar-refractivity contribution >= 4 is 33.2 Å². The van der Waals surface area contributed by atoms with Gasteiger partial charge in [0.05, 0.1) is 10.7 Å². The zero-order valence-corrected chi connectivity index (χ0v) is 20.4. The van der Waals surface area contributed by atoms with Gasteiger partial charge in [0, 0.05) is 63.8 Å². The third-order valence-electron chi connectivity index (χ3n) is 5.96. The molecule has 1 saturated heterocycles. The van der Waals surface area contributed by atoms with E-state index in [9.17, 15) is 13.2 Å². The molecule has 0 unspecified atom stereocenters. The van der Waals surface area contributed by atoms with Crippen molar-refractivity contribution in [2.24, 2.45) is 0 Å². The van der Waals surface area contributed by atoms with Crippen molar-refractivity contribution in [2.75, 3.05) is 39.3 Å². The zero-order valence-electron chi connectivity index (χ0n) is 18.8. The predicted molar refractivity (Wildman–Crippen MR) is 128 cm³/mol. The Labute approximate surface area is 199 Å². The number of imidazole rings is 1. The van der Waals surface area contributed by atoms with Gasteiger partial charge in [-0.05, 0) is 30.3 Å². The van der Waals surface area contributed by atoms with E-state index < -0.39 is 10.0 Å². The maximum atomic E-state index is 13.1. The van der Waals surface area contributed by atoms with Gasteiger partial charge in [0.2, 0.25) is 10.0 Å². The molecule has 0 bridgehead atoms. The number of sulfonamides is 1. The quantitative estimate of drug-likeness (QED) is 0.510. The lowest BCUT2D eigenvalue weighted by Crippen LogP contribution is -2.48. The fourth-order valence-electron chi connectivity index (χ4n) is 4.12. The number of aromatic nitrogens is 2. The molecule has 0 spiro atoms. The van der Waals surface area contributed by atoms with Gasteiger partial charge in [-0.2, -0.15) is 4.31 Å². The SMILES string of the molecule is CCN(CC)S(=O)(=O)c1cc(C(=O)N2CCN(Cc3cn4ccccc4n3)CC2)ccc1Cl. The van der Waals surface area contributed by atoms with Gasteiger partial charge in [-0.15, -0.1) is 0 Å². The molecule has 1 amide bonds. The Morgan fingerprint density at radius 3 is 2.48 bits per heavy atom. The molecule has 0 N–H and O–H groups in total. The fourth-order valence-corrected chi connectivity index (χ4v) is 6.08. The first-order valence-electron chi connectivity index (χ1n) is 11.1. The van der Waals surface area contributed by atoms with Crippen LogP contribution in [0.4, 0.5) is 0 Å². The molecule has 2 aromatic heterocycles. The first kappa shape index (κ1) is 23.7. The lowest BCUT2D eigenvalue weighted by atomic mass is 10.2. The minimum atomic E-state index is -3.76. The predicted octanol–water partition coefficient (Wildman–Crippen LogP) is 2.98. The van der Waals surface area contributed by atoms with Gasteiger partial charge in [-0.25, -0.2) is 13.4 Å². The van der Waals surface area contributed by atoms with Gasteiger partial charge < -0.3 is 9.30 Å². The third kappa shape index (κ3) is 4.91. The molecule has 3 aromatic rings. The van der Waals surface area contributed by atoms with Crippen LogP contribution >= 0.6 is 11.6 Å². The number of benzene rings is 1. The van der Waals surface area contributed by atoms with Crippen LogP contribution in [0, 0.1) is 0 Å². The number of nitrogens with zero attached hydrogens (tertiary/aromatic N) is 5. The number of rotatable bonds is 7. The number of halogens is 1. The monoisotopic (exact) mass is 489 g/mol. The third-order valence-corrected chi connectivity index (χ3v) is 8.49. The maximum Gasteiger partial charge on any atom is 0.253 e. The van der Waals surface area contributed by atoms with Crippen molar-refractivity contribution in [3.05, 3.63) is 65.1 Å². The number of carbonyl (C=O) groups excluding carboxylic acids is 1. The standard InChI is InChI=1S/C23H28ClN5O3S/c1-3-29(4-2)33(31,32)21-15-18(8-9-20(21)24)23(30)27-13-11-26(12-14-27)16-19-17-28-10-6-5-7-22(28)25-19/h5-10,15,17H,3-4,11-14,16H2,1-2H3. The van der Waals surface area contributed by atoms with Crippen molar-refractivity contribution in [1.29, 1.82) is 0 Å². The van der Waals surface area contributed by atoms with E-state index >= 15 is 0 Å². The molecule has 1 aromatic carbocycles. The maximum absolute atomic E-state index is 13.1. The second-order valence-corrected chi connectivity index (χ2v) is 10.3. The highest BCUT2D eigenvalue weighted by Gasteiger charge is 2.28. The molecular formula is C23H28ClN5O3S. The molecule has 176 valence electrons. The minimum absolute atomic E-state index is 0.0239. The van der Waals surface area contributed by atoms with Gasteiger partial charge in [0.1, 0.15) is 10.5 Å². The van der Waals surface area contributed by atoms with Gasteiger partial charge in [-0.3, -0.25) is 9.69 Å². The summed E-state index contributed by atoms with van der Waals surface area (Å²) >= 11 is 6.21. The number of pyridine rings is 1. The molecule has 4 rings (SSSR count). The summed E-state index contributed by atoms with van der Waals surface area (Å²) in [6, 6.07) is 10.4. The average Bonchev–Trinajstić information content (AvgIpc) is 3.22. The van der Waals surface area contributed by atoms with Gasteiger partial charge in [0.25, 0.3) is 5.91 Å².